The maximum atomic E-state index is 4.26. The summed E-state index contributed by atoms with van der Waals surface area (Å²) in [4.78, 5) is 4.26. The predicted molar refractivity (Wildman–Crippen MR) is 74.8 cm³/mol. The SMILES string of the molecule is CC(Cc1ccsc1)NCc1cncn1C1CC1. The van der Waals surface area contributed by atoms with Gasteiger partial charge >= 0.3 is 0 Å². The zero-order chi connectivity index (χ0) is 12.4. The quantitative estimate of drug-likeness (QED) is 0.866. The molecule has 0 aliphatic heterocycles. The minimum atomic E-state index is 0.502. The molecule has 0 bridgehead atoms. The molecule has 3 rings (SSSR count). The summed E-state index contributed by atoms with van der Waals surface area (Å²) in [5.74, 6) is 0. The highest BCUT2D eigenvalue weighted by Crippen LogP contribution is 2.35. The van der Waals surface area contributed by atoms with Crippen LogP contribution in [0.1, 0.15) is 37.1 Å². The van der Waals surface area contributed by atoms with E-state index in [9.17, 15) is 0 Å². The van der Waals surface area contributed by atoms with E-state index in [1.54, 1.807) is 11.3 Å². The number of imidazole rings is 1. The van der Waals surface area contributed by atoms with Gasteiger partial charge in [-0.15, -0.1) is 0 Å². The third-order valence-electron chi connectivity index (χ3n) is 3.44. The van der Waals surface area contributed by atoms with Crippen LogP contribution in [-0.4, -0.2) is 15.6 Å². The first kappa shape index (κ1) is 11.9. The molecule has 3 nitrogen and oxygen atoms in total. The van der Waals surface area contributed by atoms with Crippen molar-refractivity contribution in [3.8, 4) is 0 Å². The van der Waals surface area contributed by atoms with Crippen molar-refractivity contribution in [2.45, 2.75) is 44.8 Å². The van der Waals surface area contributed by atoms with E-state index in [1.807, 2.05) is 12.5 Å². The monoisotopic (exact) mass is 261 g/mol. The first-order valence-corrected chi connectivity index (χ1v) is 7.52. The number of nitrogens with zero attached hydrogens (tertiary/aromatic N) is 2. The van der Waals surface area contributed by atoms with Crippen molar-refractivity contribution in [1.29, 1.82) is 0 Å². The van der Waals surface area contributed by atoms with Gasteiger partial charge in [0.05, 0.1) is 12.0 Å². The second-order valence-electron chi connectivity index (χ2n) is 5.14. The minimum absolute atomic E-state index is 0.502. The van der Waals surface area contributed by atoms with Gasteiger partial charge in [-0.25, -0.2) is 4.98 Å². The van der Waals surface area contributed by atoms with Crippen molar-refractivity contribution >= 4 is 11.3 Å². The van der Waals surface area contributed by atoms with Crippen LogP contribution in [0.15, 0.2) is 29.4 Å². The van der Waals surface area contributed by atoms with E-state index in [2.05, 4.69) is 38.6 Å². The van der Waals surface area contributed by atoms with Crippen LogP contribution >= 0.6 is 11.3 Å². The molecule has 0 amide bonds. The molecule has 1 N–H and O–H groups in total. The smallest absolute Gasteiger partial charge is 0.0951 e. The standard InChI is InChI=1S/C14H19N3S/c1-11(6-12-4-5-18-9-12)16-8-14-7-15-10-17(14)13-2-3-13/h4-5,7,9-11,13,16H,2-3,6,8H2,1H3. The van der Waals surface area contributed by atoms with Crippen LogP contribution in [0, 0.1) is 0 Å². The van der Waals surface area contributed by atoms with Crippen molar-refractivity contribution in [3.63, 3.8) is 0 Å². The summed E-state index contributed by atoms with van der Waals surface area (Å²) in [6.45, 7) is 3.16. The molecule has 1 fully saturated rings. The molecule has 2 aromatic heterocycles. The Kier molecular flexibility index (Phi) is 3.48. The lowest BCUT2D eigenvalue weighted by molar-refractivity contribution is 0.525. The summed E-state index contributed by atoms with van der Waals surface area (Å²) < 4.78 is 2.32. The molecule has 1 aliphatic rings. The fourth-order valence-electron chi connectivity index (χ4n) is 2.26. The number of aromatic nitrogens is 2. The van der Waals surface area contributed by atoms with Crippen LogP contribution in [0.25, 0.3) is 0 Å². The van der Waals surface area contributed by atoms with Gasteiger partial charge in [0.15, 0.2) is 0 Å². The molecule has 1 aliphatic carbocycles. The van der Waals surface area contributed by atoms with Crippen molar-refractivity contribution < 1.29 is 0 Å². The normalized spacial score (nSPS) is 16.9. The fourth-order valence-corrected chi connectivity index (χ4v) is 2.95. The Morgan fingerprint density at radius 3 is 3.17 bits per heavy atom. The number of thiophene rings is 1. The number of rotatable bonds is 6. The van der Waals surface area contributed by atoms with Crippen molar-refractivity contribution in [2.75, 3.05) is 0 Å². The topological polar surface area (TPSA) is 29.9 Å². The third-order valence-corrected chi connectivity index (χ3v) is 4.17. The van der Waals surface area contributed by atoms with Crippen LogP contribution < -0.4 is 5.32 Å². The molecule has 0 saturated heterocycles. The molecule has 18 heavy (non-hydrogen) atoms. The molecule has 0 radical (unpaired) electrons. The molecule has 2 heterocycles. The van der Waals surface area contributed by atoms with E-state index in [4.69, 9.17) is 0 Å². The van der Waals surface area contributed by atoms with Gasteiger partial charge in [0.1, 0.15) is 0 Å². The van der Waals surface area contributed by atoms with Gasteiger partial charge in [-0.2, -0.15) is 11.3 Å². The van der Waals surface area contributed by atoms with Crippen LogP contribution in [0.3, 0.4) is 0 Å². The number of hydrogen-bond donors (Lipinski definition) is 1. The Bertz CT molecular complexity index is 485. The average Bonchev–Trinajstić information content (AvgIpc) is 2.90. The summed E-state index contributed by atoms with van der Waals surface area (Å²) >= 11 is 1.77. The Balaban J connectivity index is 1.52. The Hall–Kier alpha value is -1.13. The Labute approximate surface area is 112 Å². The van der Waals surface area contributed by atoms with E-state index < -0.39 is 0 Å². The lowest BCUT2D eigenvalue weighted by Crippen LogP contribution is -2.28. The van der Waals surface area contributed by atoms with Crippen molar-refractivity contribution in [3.05, 3.63) is 40.6 Å². The number of nitrogens with one attached hydrogen (secondary N) is 1. The number of hydrogen-bond acceptors (Lipinski definition) is 3. The highest BCUT2D eigenvalue weighted by molar-refractivity contribution is 7.07. The summed E-state index contributed by atoms with van der Waals surface area (Å²) in [6.07, 6.45) is 7.68. The molecule has 0 spiro atoms. The molecular formula is C14H19N3S. The molecule has 96 valence electrons. The predicted octanol–water partition coefficient (Wildman–Crippen LogP) is 3.00. The summed E-state index contributed by atoms with van der Waals surface area (Å²) in [7, 11) is 0. The lowest BCUT2D eigenvalue weighted by Gasteiger charge is -2.14. The first-order valence-electron chi connectivity index (χ1n) is 6.58. The maximum Gasteiger partial charge on any atom is 0.0951 e. The van der Waals surface area contributed by atoms with Crippen molar-refractivity contribution in [1.82, 2.24) is 14.9 Å². The fraction of sp³-hybridized carbons (Fsp3) is 0.500. The molecule has 0 aromatic carbocycles. The van der Waals surface area contributed by atoms with Crippen LogP contribution in [0.2, 0.25) is 0 Å². The molecular weight excluding hydrogens is 242 g/mol. The Morgan fingerprint density at radius 1 is 1.56 bits per heavy atom. The summed E-state index contributed by atoms with van der Waals surface area (Å²) in [6, 6.07) is 3.43. The highest BCUT2D eigenvalue weighted by Gasteiger charge is 2.25. The van der Waals surface area contributed by atoms with E-state index in [0.29, 0.717) is 6.04 Å². The zero-order valence-corrected chi connectivity index (χ0v) is 11.5. The third kappa shape index (κ3) is 2.82. The molecule has 1 atom stereocenters. The maximum absolute atomic E-state index is 4.26. The van der Waals surface area contributed by atoms with Crippen LogP contribution in [-0.2, 0) is 13.0 Å². The summed E-state index contributed by atoms with van der Waals surface area (Å²) in [5, 5.41) is 7.96. The molecule has 1 unspecified atom stereocenters. The van der Waals surface area contributed by atoms with Gasteiger partial charge < -0.3 is 9.88 Å². The van der Waals surface area contributed by atoms with E-state index in [0.717, 1.165) is 19.0 Å². The van der Waals surface area contributed by atoms with Gasteiger partial charge in [-0.1, -0.05) is 0 Å². The van der Waals surface area contributed by atoms with Crippen LogP contribution in [0.5, 0.6) is 0 Å². The van der Waals surface area contributed by atoms with Gasteiger partial charge in [0, 0.05) is 24.8 Å². The van der Waals surface area contributed by atoms with Gasteiger partial charge in [-0.3, -0.25) is 0 Å². The average molecular weight is 261 g/mol. The van der Waals surface area contributed by atoms with Crippen molar-refractivity contribution in [2.24, 2.45) is 0 Å². The second-order valence-corrected chi connectivity index (χ2v) is 5.92. The largest absolute Gasteiger partial charge is 0.330 e. The molecule has 2 aromatic rings. The van der Waals surface area contributed by atoms with Crippen LogP contribution in [0.4, 0.5) is 0 Å². The zero-order valence-electron chi connectivity index (χ0n) is 10.7. The minimum Gasteiger partial charge on any atom is -0.330 e. The van der Waals surface area contributed by atoms with Gasteiger partial charge in [-0.05, 0) is 48.6 Å². The van der Waals surface area contributed by atoms with E-state index in [-0.39, 0.29) is 0 Å². The summed E-state index contributed by atoms with van der Waals surface area (Å²) in [5.41, 5.74) is 2.74. The van der Waals surface area contributed by atoms with E-state index in [1.165, 1.54) is 24.1 Å². The molecule has 4 heteroatoms. The molecule has 1 saturated carbocycles. The highest BCUT2D eigenvalue weighted by atomic mass is 32.1. The van der Waals surface area contributed by atoms with Gasteiger partial charge in [0.2, 0.25) is 0 Å². The lowest BCUT2D eigenvalue weighted by atomic mass is 10.1. The Morgan fingerprint density at radius 2 is 2.44 bits per heavy atom. The van der Waals surface area contributed by atoms with E-state index >= 15 is 0 Å². The van der Waals surface area contributed by atoms with Gasteiger partial charge in [0.25, 0.3) is 0 Å². The second kappa shape index (κ2) is 5.24. The first-order chi connectivity index (χ1) is 8.83.